The lowest BCUT2D eigenvalue weighted by molar-refractivity contribution is -0.141. The molecule has 3 amide bonds. The first-order valence-corrected chi connectivity index (χ1v) is 11.1. The van der Waals surface area contributed by atoms with Gasteiger partial charge in [-0.3, -0.25) is 19.4 Å². The Morgan fingerprint density at radius 3 is 2.55 bits per heavy atom. The number of nitrogens with two attached hydrogens (primary N) is 2. The van der Waals surface area contributed by atoms with Crippen LogP contribution in [0.25, 0.3) is 0 Å². The zero-order valence-corrected chi connectivity index (χ0v) is 18.9. The number of nitrogens with zero attached hydrogens (tertiary/aromatic N) is 2. The molecule has 9 heteroatoms. The lowest BCUT2D eigenvalue weighted by Crippen LogP contribution is -2.53. The maximum Gasteiger partial charge on any atom is 0.252 e. The number of hydrogen-bond acceptors (Lipinski definition) is 6. The third-order valence-corrected chi connectivity index (χ3v) is 6.11. The summed E-state index contributed by atoms with van der Waals surface area (Å²) < 4.78 is 6.07. The van der Waals surface area contributed by atoms with Crippen LogP contribution in [0.2, 0.25) is 0 Å². The van der Waals surface area contributed by atoms with Crippen molar-refractivity contribution in [3.05, 3.63) is 59.4 Å². The van der Waals surface area contributed by atoms with E-state index in [-0.39, 0.29) is 37.1 Å². The Kier molecular flexibility index (Phi) is 8.00. The summed E-state index contributed by atoms with van der Waals surface area (Å²) in [4.78, 5) is 43.2. The van der Waals surface area contributed by atoms with Crippen LogP contribution in [-0.2, 0) is 22.6 Å². The number of primary amides is 1. The minimum atomic E-state index is -0.878. The molecule has 2 aromatic rings. The van der Waals surface area contributed by atoms with Crippen LogP contribution in [0.15, 0.2) is 42.6 Å². The summed E-state index contributed by atoms with van der Waals surface area (Å²) in [7, 11) is 0. The summed E-state index contributed by atoms with van der Waals surface area (Å²) in [6, 6.07) is 10.8. The zero-order chi connectivity index (χ0) is 23.8. The van der Waals surface area contributed by atoms with Crippen LogP contribution < -0.4 is 21.5 Å². The van der Waals surface area contributed by atoms with E-state index in [1.165, 1.54) is 0 Å². The molecule has 0 aliphatic carbocycles. The largest absolute Gasteiger partial charge is 0.492 e. The molecule has 0 atom stereocenters. The lowest BCUT2D eigenvalue weighted by Gasteiger charge is -2.40. The average Bonchev–Trinajstić information content (AvgIpc) is 2.86. The predicted molar refractivity (Wildman–Crippen MR) is 123 cm³/mol. The van der Waals surface area contributed by atoms with E-state index in [0.717, 1.165) is 17.7 Å². The van der Waals surface area contributed by atoms with Gasteiger partial charge in [0.05, 0.1) is 29.8 Å². The van der Waals surface area contributed by atoms with Crippen LogP contribution in [-0.4, -0.2) is 53.8 Å². The van der Waals surface area contributed by atoms with E-state index in [2.05, 4.69) is 10.3 Å². The zero-order valence-electron chi connectivity index (χ0n) is 18.9. The molecule has 176 valence electrons. The summed E-state index contributed by atoms with van der Waals surface area (Å²) >= 11 is 0. The van der Waals surface area contributed by atoms with Crippen molar-refractivity contribution in [3.63, 3.8) is 0 Å². The number of ether oxygens (including phenoxy) is 1. The minimum Gasteiger partial charge on any atom is -0.492 e. The highest BCUT2D eigenvalue weighted by Crippen LogP contribution is 2.34. The second-order valence-corrected chi connectivity index (χ2v) is 8.21. The number of hydrogen-bond donors (Lipinski definition) is 3. The second kappa shape index (κ2) is 10.9. The topological polar surface area (TPSA) is 141 Å². The van der Waals surface area contributed by atoms with Crippen molar-refractivity contribution < 1.29 is 19.1 Å². The van der Waals surface area contributed by atoms with Crippen LogP contribution in [0.3, 0.4) is 0 Å². The summed E-state index contributed by atoms with van der Waals surface area (Å²) in [6.45, 7) is 3.06. The third-order valence-electron chi connectivity index (χ3n) is 6.11. The van der Waals surface area contributed by atoms with E-state index in [4.69, 9.17) is 16.2 Å². The van der Waals surface area contributed by atoms with E-state index >= 15 is 0 Å². The molecule has 5 N–H and O–H groups in total. The number of aryl methyl sites for hydroxylation is 1. The highest BCUT2D eigenvalue weighted by Gasteiger charge is 2.43. The van der Waals surface area contributed by atoms with Crippen molar-refractivity contribution in [1.82, 2.24) is 15.2 Å². The lowest BCUT2D eigenvalue weighted by atomic mass is 9.78. The first-order chi connectivity index (χ1) is 15.9. The van der Waals surface area contributed by atoms with Crippen molar-refractivity contribution in [2.45, 2.75) is 32.7 Å². The van der Waals surface area contributed by atoms with Gasteiger partial charge in [-0.2, -0.15) is 0 Å². The predicted octanol–water partition coefficient (Wildman–Crippen LogP) is 1.01. The van der Waals surface area contributed by atoms with Crippen molar-refractivity contribution >= 4 is 17.7 Å². The molecule has 0 bridgehead atoms. The number of rotatable bonds is 9. The van der Waals surface area contributed by atoms with Gasteiger partial charge in [0, 0.05) is 19.3 Å². The highest BCUT2D eigenvalue weighted by molar-refractivity contribution is 5.95. The van der Waals surface area contributed by atoms with E-state index < -0.39 is 11.3 Å². The molecule has 0 unspecified atom stereocenters. The number of nitrogens with one attached hydrogen (secondary N) is 1. The molecule has 1 aliphatic rings. The quantitative estimate of drug-likeness (QED) is 0.517. The highest BCUT2D eigenvalue weighted by atomic mass is 16.5. The third kappa shape index (κ3) is 5.87. The number of carbonyl (C=O) groups is 3. The molecule has 0 spiro atoms. The first kappa shape index (κ1) is 24.2. The summed E-state index contributed by atoms with van der Waals surface area (Å²) in [5, 5.41) is 2.96. The number of piperidine rings is 1. The number of aromatic nitrogens is 1. The molecule has 0 saturated carbocycles. The second-order valence-electron chi connectivity index (χ2n) is 8.21. The summed E-state index contributed by atoms with van der Waals surface area (Å²) in [6.07, 6.45) is 3.25. The molecule has 9 nitrogen and oxygen atoms in total. The molecule has 0 radical (unpaired) electrons. The van der Waals surface area contributed by atoms with Crippen LogP contribution in [0.4, 0.5) is 0 Å². The molecule has 33 heavy (non-hydrogen) atoms. The Labute approximate surface area is 193 Å². The Balaban J connectivity index is 1.80. The molecular formula is C24H31N5O4. The summed E-state index contributed by atoms with van der Waals surface area (Å²) in [5.74, 6) is -0.561. The fraction of sp³-hybridized carbons (Fsp3) is 0.417. The van der Waals surface area contributed by atoms with E-state index in [0.29, 0.717) is 31.7 Å². The maximum atomic E-state index is 13.4. The molecule has 2 heterocycles. The van der Waals surface area contributed by atoms with E-state index in [9.17, 15) is 14.4 Å². The van der Waals surface area contributed by atoms with Crippen molar-refractivity contribution in [2.75, 3.05) is 26.2 Å². The van der Waals surface area contributed by atoms with Crippen LogP contribution >= 0.6 is 0 Å². The van der Waals surface area contributed by atoms with Crippen molar-refractivity contribution in [2.24, 2.45) is 16.9 Å². The van der Waals surface area contributed by atoms with Gasteiger partial charge in [-0.25, -0.2) is 0 Å². The van der Waals surface area contributed by atoms with Crippen LogP contribution in [0.5, 0.6) is 5.75 Å². The normalized spacial score (nSPS) is 15.0. The Morgan fingerprint density at radius 2 is 1.94 bits per heavy atom. The van der Waals surface area contributed by atoms with Gasteiger partial charge in [-0.15, -0.1) is 0 Å². The Morgan fingerprint density at radius 1 is 1.18 bits per heavy atom. The van der Waals surface area contributed by atoms with E-state index in [1.807, 2.05) is 31.2 Å². The SMILES string of the molecule is CCc1ccc(C(N)=O)c(OCC2(C(=O)NCc3ccccn3)CCN(C(=O)CN)CC2)c1. The van der Waals surface area contributed by atoms with Crippen molar-refractivity contribution in [3.8, 4) is 5.75 Å². The first-order valence-electron chi connectivity index (χ1n) is 11.1. The number of amides is 3. The molecule has 1 aromatic carbocycles. The molecule has 1 aliphatic heterocycles. The number of pyridine rings is 1. The molecule has 3 rings (SSSR count). The average molecular weight is 454 g/mol. The molecule has 1 saturated heterocycles. The van der Waals surface area contributed by atoms with Gasteiger partial charge in [0.2, 0.25) is 11.8 Å². The van der Waals surface area contributed by atoms with E-state index in [1.54, 1.807) is 23.2 Å². The van der Waals surface area contributed by atoms with Gasteiger partial charge < -0.3 is 26.4 Å². The summed E-state index contributed by atoms with van der Waals surface area (Å²) in [5.41, 5.74) is 12.2. The fourth-order valence-corrected chi connectivity index (χ4v) is 3.94. The fourth-order valence-electron chi connectivity index (χ4n) is 3.94. The number of carbonyl (C=O) groups excluding carboxylic acids is 3. The van der Waals surface area contributed by atoms with Gasteiger partial charge in [0.15, 0.2) is 0 Å². The number of likely N-dealkylation sites (tertiary alicyclic amines) is 1. The number of benzene rings is 1. The monoisotopic (exact) mass is 453 g/mol. The molecule has 1 aromatic heterocycles. The van der Waals surface area contributed by atoms with Gasteiger partial charge in [0.25, 0.3) is 5.91 Å². The standard InChI is InChI=1S/C24H31N5O4/c1-2-17-6-7-19(22(26)31)20(13-17)33-16-24(8-11-29(12-9-24)21(30)14-25)23(32)28-15-18-5-3-4-10-27-18/h3-7,10,13H,2,8-9,11-12,14-16,25H2,1H3,(H2,26,31)(H,28,32). The Bertz CT molecular complexity index is 988. The molecular weight excluding hydrogens is 422 g/mol. The smallest absolute Gasteiger partial charge is 0.252 e. The minimum absolute atomic E-state index is 0.0547. The van der Waals surface area contributed by atoms with Gasteiger partial charge in [-0.1, -0.05) is 19.1 Å². The maximum absolute atomic E-state index is 13.4. The molecule has 1 fully saturated rings. The van der Waals surface area contributed by atoms with Gasteiger partial charge in [-0.05, 0) is 49.1 Å². The van der Waals surface area contributed by atoms with Crippen LogP contribution in [0, 0.1) is 5.41 Å². The van der Waals surface area contributed by atoms with Gasteiger partial charge in [0.1, 0.15) is 12.4 Å². The van der Waals surface area contributed by atoms with Crippen LogP contribution in [0.1, 0.15) is 41.4 Å². The van der Waals surface area contributed by atoms with Gasteiger partial charge >= 0.3 is 0 Å². The van der Waals surface area contributed by atoms with Crippen molar-refractivity contribution in [1.29, 1.82) is 0 Å². The Hall–Kier alpha value is -3.46.